The summed E-state index contributed by atoms with van der Waals surface area (Å²) in [6.07, 6.45) is 0. The molecule has 3 heteroatoms. The Morgan fingerprint density at radius 3 is 2.54 bits per heavy atom. The van der Waals surface area contributed by atoms with Crippen molar-refractivity contribution in [2.45, 2.75) is 13.8 Å². The number of benzene rings is 1. The smallest absolute Gasteiger partial charge is 0.254 e. The molecule has 0 heterocycles. The van der Waals surface area contributed by atoms with E-state index in [2.05, 4.69) is 5.32 Å². The van der Waals surface area contributed by atoms with Crippen LogP contribution in [0.3, 0.4) is 0 Å². The van der Waals surface area contributed by atoms with E-state index in [0.717, 1.165) is 5.56 Å². The van der Waals surface area contributed by atoms with Crippen LogP contribution in [0.15, 0.2) is 12.1 Å². The predicted octanol–water partition coefficient (Wildman–Crippen LogP) is 1.80. The third-order valence-electron chi connectivity index (χ3n) is 2.14. The van der Waals surface area contributed by atoms with Gasteiger partial charge in [-0.25, -0.2) is 4.39 Å². The molecule has 0 atom stereocenters. The molecule has 0 radical (unpaired) electrons. The molecule has 0 saturated heterocycles. The fraction of sp³-hybridized carbons (Fsp3) is 0.300. The number of hydrogen-bond acceptors (Lipinski definition) is 1. The van der Waals surface area contributed by atoms with Crippen LogP contribution in [0.5, 0.6) is 0 Å². The van der Waals surface area contributed by atoms with Crippen molar-refractivity contribution >= 4 is 5.91 Å². The predicted molar refractivity (Wildman–Crippen MR) is 49.3 cm³/mol. The summed E-state index contributed by atoms with van der Waals surface area (Å²) in [7, 11) is 1.49. The summed E-state index contributed by atoms with van der Waals surface area (Å²) in [5, 5.41) is 2.41. The van der Waals surface area contributed by atoms with E-state index in [-0.39, 0.29) is 11.5 Å². The Bertz CT molecular complexity index is 347. The number of nitrogens with one attached hydrogen (secondary N) is 1. The first-order valence-electron chi connectivity index (χ1n) is 4.05. The minimum atomic E-state index is -0.470. The lowest BCUT2D eigenvalue weighted by Gasteiger charge is -2.07. The van der Waals surface area contributed by atoms with Gasteiger partial charge < -0.3 is 5.32 Å². The second kappa shape index (κ2) is 3.56. The van der Waals surface area contributed by atoms with Crippen LogP contribution < -0.4 is 5.32 Å². The fourth-order valence-electron chi connectivity index (χ4n) is 1.19. The van der Waals surface area contributed by atoms with Gasteiger partial charge in [-0.2, -0.15) is 0 Å². The third kappa shape index (κ3) is 1.69. The zero-order valence-electron chi connectivity index (χ0n) is 7.94. The summed E-state index contributed by atoms with van der Waals surface area (Å²) in [4.78, 5) is 11.3. The molecule has 1 aromatic rings. The zero-order chi connectivity index (χ0) is 10.0. The maximum atomic E-state index is 13.2. The molecule has 1 N–H and O–H groups in total. The fourth-order valence-corrected chi connectivity index (χ4v) is 1.19. The molecular weight excluding hydrogens is 169 g/mol. The molecule has 0 aliphatic carbocycles. The first-order valence-corrected chi connectivity index (χ1v) is 4.05. The molecule has 0 aromatic heterocycles. The number of carbonyl (C=O) groups is 1. The van der Waals surface area contributed by atoms with Crippen LogP contribution in [0.25, 0.3) is 0 Å². The summed E-state index contributed by atoms with van der Waals surface area (Å²) in [5.41, 5.74) is 1.75. The van der Waals surface area contributed by atoms with E-state index in [4.69, 9.17) is 0 Å². The first kappa shape index (κ1) is 9.71. The van der Waals surface area contributed by atoms with E-state index < -0.39 is 5.82 Å². The lowest BCUT2D eigenvalue weighted by atomic mass is 10.0. The van der Waals surface area contributed by atoms with Crippen LogP contribution in [0.2, 0.25) is 0 Å². The number of aryl methyl sites for hydroxylation is 1. The molecule has 1 aromatic carbocycles. The average molecular weight is 181 g/mol. The van der Waals surface area contributed by atoms with Crippen LogP contribution in [0.4, 0.5) is 4.39 Å². The number of rotatable bonds is 1. The highest BCUT2D eigenvalue weighted by Crippen LogP contribution is 2.16. The molecule has 0 saturated carbocycles. The van der Waals surface area contributed by atoms with Crippen molar-refractivity contribution in [3.05, 3.63) is 34.6 Å². The van der Waals surface area contributed by atoms with E-state index >= 15 is 0 Å². The van der Waals surface area contributed by atoms with Crippen molar-refractivity contribution < 1.29 is 9.18 Å². The number of hydrogen-bond donors (Lipinski definition) is 1. The normalized spacial score (nSPS) is 9.85. The molecule has 0 fully saturated rings. The highest BCUT2D eigenvalue weighted by Gasteiger charge is 2.13. The summed E-state index contributed by atoms with van der Waals surface area (Å²) >= 11 is 0. The van der Waals surface area contributed by atoms with Crippen LogP contribution in [0, 0.1) is 19.7 Å². The highest BCUT2D eigenvalue weighted by atomic mass is 19.1. The zero-order valence-corrected chi connectivity index (χ0v) is 7.94. The quantitative estimate of drug-likeness (QED) is 0.703. The largest absolute Gasteiger partial charge is 0.355 e. The molecular formula is C10H12FNO. The Balaban J connectivity index is 3.33. The van der Waals surface area contributed by atoms with Gasteiger partial charge in [-0.3, -0.25) is 4.79 Å². The molecule has 2 nitrogen and oxygen atoms in total. The van der Waals surface area contributed by atoms with E-state index in [9.17, 15) is 9.18 Å². The van der Waals surface area contributed by atoms with Crippen molar-refractivity contribution in [3.63, 3.8) is 0 Å². The summed E-state index contributed by atoms with van der Waals surface area (Å²) < 4.78 is 13.2. The minimum Gasteiger partial charge on any atom is -0.355 e. The summed E-state index contributed by atoms with van der Waals surface area (Å²) in [6, 6.07) is 2.98. The highest BCUT2D eigenvalue weighted by molar-refractivity contribution is 5.95. The number of halogens is 1. The van der Waals surface area contributed by atoms with Crippen molar-refractivity contribution in [3.8, 4) is 0 Å². The Morgan fingerprint density at radius 2 is 2.00 bits per heavy atom. The maximum Gasteiger partial charge on any atom is 0.254 e. The van der Waals surface area contributed by atoms with Gasteiger partial charge in [0.05, 0.1) is 5.56 Å². The van der Waals surface area contributed by atoms with E-state index in [1.165, 1.54) is 13.1 Å². The molecule has 1 rings (SSSR count). The maximum absolute atomic E-state index is 13.2. The monoisotopic (exact) mass is 181 g/mol. The van der Waals surface area contributed by atoms with Gasteiger partial charge in [0.2, 0.25) is 0 Å². The Hall–Kier alpha value is -1.38. The Kier molecular flexibility index (Phi) is 2.66. The standard InChI is InChI=1S/C10H12FNO/c1-6-4-5-8(11)9(7(6)2)10(13)12-3/h4-5H,1-3H3,(H,12,13). The third-order valence-corrected chi connectivity index (χ3v) is 2.14. The van der Waals surface area contributed by atoms with Crippen molar-refractivity contribution in [2.75, 3.05) is 7.05 Å². The van der Waals surface area contributed by atoms with Gasteiger partial charge in [-0.1, -0.05) is 6.07 Å². The van der Waals surface area contributed by atoms with E-state index in [0.29, 0.717) is 5.56 Å². The Morgan fingerprint density at radius 1 is 1.38 bits per heavy atom. The van der Waals surface area contributed by atoms with Gasteiger partial charge in [-0.05, 0) is 31.0 Å². The van der Waals surface area contributed by atoms with Gasteiger partial charge in [0.1, 0.15) is 5.82 Å². The summed E-state index contributed by atoms with van der Waals surface area (Å²) in [6.45, 7) is 3.59. The average Bonchev–Trinajstić information content (AvgIpc) is 2.12. The molecule has 0 bridgehead atoms. The molecule has 0 spiro atoms. The lowest BCUT2D eigenvalue weighted by molar-refractivity contribution is 0.0958. The lowest BCUT2D eigenvalue weighted by Crippen LogP contribution is -2.20. The molecule has 1 amide bonds. The molecule has 13 heavy (non-hydrogen) atoms. The molecule has 0 unspecified atom stereocenters. The Labute approximate surface area is 76.8 Å². The van der Waals surface area contributed by atoms with Crippen LogP contribution in [0.1, 0.15) is 21.5 Å². The van der Waals surface area contributed by atoms with Crippen molar-refractivity contribution in [2.24, 2.45) is 0 Å². The van der Waals surface area contributed by atoms with Crippen LogP contribution in [-0.4, -0.2) is 13.0 Å². The topological polar surface area (TPSA) is 29.1 Å². The SMILES string of the molecule is CNC(=O)c1c(F)ccc(C)c1C. The van der Waals surface area contributed by atoms with Crippen LogP contribution in [-0.2, 0) is 0 Å². The number of carbonyl (C=O) groups excluding carboxylic acids is 1. The first-order chi connectivity index (χ1) is 6.07. The van der Waals surface area contributed by atoms with Gasteiger partial charge in [0.25, 0.3) is 5.91 Å². The van der Waals surface area contributed by atoms with Gasteiger partial charge >= 0.3 is 0 Å². The molecule has 70 valence electrons. The molecule has 0 aliphatic rings. The second-order valence-corrected chi connectivity index (χ2v) is 2.94. The van der Waals surface area contributed by atoms with Gasteiger partial charge in [0, 0.05) is 7.05 Å². The molecule has 0 aliphatic heterocycles. The summed E-state index contributed by atoms with van der Waals surface area (Å²) in [5.74, 6) is -0.846. The van der Waals surface area contributed by atoms with Crippen LogP contribution >= 0.6 is 0 Å². The van der Waals surface area contributed by atoms with Crippen molar-refractivity contribution in [1.29, 1.82) is 0 Å². The number of amides is 1. The van der Waals surface area contributed by atoms with Gasteiger partial charge in [-0.15, -0.1) is 0 Å². The van der Waals surface area contributed by atoms with E-state index in [1.54, 1.807) is 13.0 Å². The van der Waals surface area contributed by atoms with Crippen molar-refractivity contribution in [1.82, 2.24) is 5.32 Å². The minimum absolute atomic E-state index is 0.141. The second-order valence-electron chi connectivity index (χ2n) is 2.94. The van der Waals surface area contributed by atoms with E-state index in [1.807, 2.05) is 6.92 Å². The van der Waals surface area contributed by atoms with Gasteiger partial charge in [0.15, 0.2) is 0 Å².